The molecule has 2 heteroatoms. The van der Waals surface area contributed by atoms with Crippen molar-refractivity contribution >= 4 is 0 Å². The molecule has 0 saturated heterocycles. The summed E-state index contributed by atoms with van der Waals surface area (Å²) in [6, 6.07) is 7.85. The Morgan fingerprint density at radius 2 is 1.92 bits per heavy atom. The fourth-order valence-corrected chi connectivity index (χ4v) is 1.06. The van der Waals surface area contributed by atoms with E-state index in [1.807, 2.05) is 38.1 Å². The van der Waals surface area contributed by atoms with Crippen molar-refractivity contribution < 1.29 is 9.84 Å². The summed E-state index contributed by atoms with van der Waals surface area (Å²) in [5.41, 5.74) is 1.21. The summed E-state index contributed by atoms with van der Waals surface area (Å²) in [5, 5.41) is 8.92. The third kappa shape index (κ3) is 3.07. The van der Waals surface area contributed by atoms with Crippen LogP contribution in [0.3, 0.4) is 0 Å². The third-order valence-electron chi connectivity index (χ3n) is 1.98. The largest absolute Gasteiger partial charge is 0.488 e. The molecule has 0 heterocycles. The maximum atomic E-state index is 8.92. The molecule has 0 aliphatic rings. The summed E-state index contributed by atoms with van der Waals surface area (Å²) in [4.78, 5) is 0. The number of ether oxygens (including phenoxy) is 1. The molecule has 13 heavy (non-hydrogen) atoms. The van der Waals surface area contributed by atoms with Crippen molar-refractivity contribution in [1.29, 1.82) is 0 Å². The lowest BCUT2D eigenvalue weighted by Gasteiger charge is -2.14. The van der Waals surface area contributed by atoms with E-state index in [2.05, 4.69) is 0 Å². The van der Waals surface area contributed by atoms with Gasteiger partial charge in [-0.1, -0.05) is 24.6 Å². The van der Waals surface area contributed by atoms with Crippen molar-refractivity contribution in [3.8, 4) is 5.75 Å². The van der Waals surface area contributed by atoms with Gasteiger partial charge >= 0.3 is 0 Å². The number of hydrogen-bond donors (Lipinski definition) is 1. The van der Waals surface area contributed by atoms with Gasteiger partial charge in [0.1, 0.15) is 11.9 Å². The van der Waals surface area contributed by atoms with Crippen molar-refractivity contribution in [2.45, 2.75) is 26.4 Å². The van der Waals surface area contributed by atoms with Crippen LogP contribution < -0.4 is 4.74 Å². The lowest BCUT2D eigenvalue weighted by molar-refractivity contribution is 0.112. The normalized spacial score (nSPS) is 12.5. The van der Waals surface area contributed by atoms with Gasteiger partial charge in [0.15, 0.2) is 0 Å². The average Bonchev–Trinajstić information content (AvgIpc) is 2.17. The molecule has 0 spiro atoms. The molecular weight excluding hydrogens is 164 g/mol. The molecule has 1 unspecified atom stereocenters. The average molecular weight is 180 g/mol. The highest BCUT2D eigenvalue weighted by Gasteiger charge is 2.04. The minimum atomic E-state index is -0.0808. The summed E-state index contributed by atoms with van der Waals surface area (Å²) in [7, 11) is 0. The van der Waals surface area contributed by atoms with Gasteiger partial charge in [-0.3, -0.25) is 0 Å². The van der Waals surface area contributed by atoms with Gasteiger partial charge in [-0.2, -0.15) is 0 Å². The summed E-state index contributed by atoms with van der Waals surface area (Å²) in [6.45, 7) is 4.10. The van der Waals surface area contributed by atoms with Crippen molar-refractivity contribution in [2.75, 3.05) is 6.61 Å². The molecule has 0 aliphatic carbocycles. The van der Waals surface area contributed by atoms with E-state index in [9.17, 15) is 0 Å². The Hall–Kier alpha value is -1.02. The van der Waals surface area contributed by atoms with Crippen LogP contribution >= 0.6 is 0 Å². The number of rotatable bonds is 4. The Kier molecular flexibility index (Phi) is 3.77. The Bertz CT molecular complexity index is 237. The van der Waals surface area contributed by atoms with E-state index in [1.54, 1.807) is 0 Å². The fourth-order valence-electron chi connectivity index (χ4n) is 1.06. The number of hydrogen-bond acceptors (Lipinski definition) is 2. The molecule has 1 N–H and O–H groups in total. The second kappa shape index (κ2) is 4.87. The predicted octanol–water partition coefficient (Wildman–Crippen LogP) is 2.14. The van der Waals surface area contributed by atoms with Gasteiger partial charge in [-0.25, -0.2) is 0 Å². The molecule has 0 fully saturated rings. The molecule has 0 aliphatic heterocycles. The van der Waals surface area contributed by atoms with Crippen molar-refractivity contribution in [1.82, 2.24) is 0 Å². The van der Waals surface area contributed by atoms with Crippen molar-refractivity contribution in [3.63, 3.8) is 0 Å². The minimum Gasteiger partial charge on any atom is -0.488 e. The number of aliphatic hydroxyl groups is 1. The highest BCUT2D eigenvalue weighted by molar-refractivity contribution is 5.26. The van der Waals surface area contributed by atoms with Crippen LogP contribution in [-0.2, 0) is 0 Å². The zero-order chi connectivity index (χ0) is 9.68. The van der Waals surface area contributed by atoms with Gasteiger partial charge in [0.2, 0.25) is 0 Å². The molecule has 1 rings (SSSR count). The van der Waals surface area contributed by atoms with Crippen LogP contribution in [0.2, 0.25) is 0 Å². The van der Waals surface area contributed by atoms with Crippen LogP contribution in [0.15, 0.2) is 24.3 Å². The lowest BCUT2D eigenvalue weighted by atomic mass is 10.2. The van der Waals surface area contributed by atoms with E-state index in [-0.39, 0.29) is 12.7 Å². The summed E-state index contributed by atoms with van der Waals surface area (Å²) in [5.74, 6) is 0.825. The maximum Gasteiger partial charge on any atom is 0.121 e. The van der Waals surface area contributed by atoms with E-state index in [0.29, 0.717) is 0 Å². The number of aryl methyl sites for hydroxylation is 1. The second-order valence-electron chi connectivity index (χ2n) is 3.14. The Balaban J connectivity index is 2.58. The monoisotopic (exact) mass is 180 g/mol. The maximum absolute atomic E-state index is 8.92. The van der Waals surface area contributed by atoms with Crippen LogP contribution in [0.4, 0.5) is 0 Å². The molecule has 72 valence electrons. The van der Waals surface area contributed by atoms with Crippen LogP contribution in [0.25, 0.3) is 0 Å². The molecule has 0 aromatic heterocycles. The quantitative estimate of drug-likeness (QED) is 0.769. The highest BCUT2D eigenvalue weighted by atomic mass is 16.5. The van der Waals surface area contributed by atoms with E-state index in [1.165, 1.54) is 5.56 Å². The highest BCUT2D eigenvalue weighted by Crippen LogP contribution is 2.14. The fraction of sp³-hybridized carbons (Fsp3) is 0.455. The molecule has 0 amide bonds. The van der Waals surface area contributed by atoms with E-state index >= 15 is 0 Å². The standard InChI is InChI=1S/C11H16O2/c1-3-10(8-12)13-11-6-4-9(2)5-7-11/h4-7,10,12H,3,8H2,1-2H3. The van der Waals surface area contributed by atoms with Crippen LogP contribution in [0.5, 0.6) is 5.75 Å². The van der Waals surface area contributed by atoms with E-state index in [0.717, 1.165) is 12.2 Å². The number of aliphatic hydroxyl groups excluding tert-OH is 1. The molecule has 2 nitrogen and oxygen atoms in total. The first-order chi connectivity index (χ1) is 6.26. The number of benzene rings is 1. The van der Waals surface area contributed by atoms with E-state index < -0.39 is 0 Å². The zero-order valence-electron chi connectivity index (χ0n) is 8.16. The Labute approximate surface area is 79.2 Å². The first kappa shape index (κ1) is 10.1. The first-order valence-corrected chi connectivity index (χ1v) is 4.60. The van der Waals surface area contributed by atoms with Crippen LogP contribution in [-0.4, -0.2) is 17.8 Å². The van der Waals surface area contributed by atoms with Crippen molar-refractivity contribution in [2.24, 2.45) is 0 Å². The van der Waals surface area contributed by atoms with Gasteiger partial charge in [0.05, 0.1) is 6.61 Å². The summed E-state index contributed by atoms with van der Waals surface area (Å²) >= 11 is 0. The van der Waals surface area contributed by atoms with E-state index in [4.69, 9.17) is 9.84 Å². The van der Waals surface area contributed by atoms with Gasteiger partial charge in [0, 0.05) is 0 Å². The zero-order valence-corrected chi connectivity index (χ0v) is 8.16. The molecule has 0 bridgehead atoms. The predicted molar refractivity (Wildman–Crippen MR) is 53.0 cm³/mol. The summed E-state index contributed by atoms with van der Waals surface area (Å²) in [6.07, 6.45) is 0.743. The van der Waals surface area contributed by atoms with Crippen LogP contribution in [0.1, 0.15) is 18.9 Å². The van der Waals surface area contributed by atoms with Crippen molar-refractivity contribution in [3.05, 3.63) is 29.8 Å². The molecule has 0 saturated carbocycles. The Morgan fingerprint density at radius 3 is 2.38 bits per heavy atom. The smallest absolute Gasteiger partial charge is 0.121 e. The SMILES string of the molecule is CCC(CO)Oc1ccc(C)cc1. The molecule has 1 aromatic carbocycles. The lowest BCUT2D eigenvalue weighted by Crippen LogP contribution is -2.19. The first-order valence-electron chi connectivity index (χ1n) is 4.60. The van der Waals surface area contributed by atoms with Gasteiger partial charge < -0.3 is 9.84 Å². The van der Waals surface area contributed by atoms with Gasteiger partial charge in [-0.15, -0.1) is 0 Å². The Morgan fingerprint density at radius 1 is 1.31 bits per heavy atom. The van der Waals surface area contributed by atoms with Gasteiger partial charge in [-0.05, 0) is 25.5 Å². The second-order valence-corrected chi connectivity index (χ2v) is 3.14. The molecule has 0 radical (unpaired) electrons. The topological polar surface area (TPSA) is 29.5 Å². The minimum absolute atomic E-state index is 0.0738. The van der Waals surface area contributed by atoms with Gasteiger partial charge in [0.25, 0.3) is 0 Å². The molecule has 1 atom stereocenters. The van der Waals surface area contributed by atoms with Crippen LogP contribution in [0, 0.1) is 6.92 Å². The molecule has 1 aromatic rings. The molecular formula is C11H16O2. The summed E-state index contributed by atoms with van der Waals surface area (Å²) < 4.78 is 5.52. The third-order valence-corrected chi connectivity index (χ3v) is 1.98.